The Balaban J connectivity index is 1.71. The van der Waals surface area contributed by atoms with Gasteiger partial charge in [-0.05, 0) is 48.7 Å². The van der Waals surface area contributed by atoms with Crippen LogP contribution < -0.4 is 10.0 Å². The lowest BCUT2D eigenvalue weighted by Crippen LogP contribution is -2.26. The topological polar surface area (TPSA) is 75.3 Å². The summed E-state index contributed by atoms with van der Waals surface area (Å²) in [6.45, 7) is -0.209. The maximum Gasteiger partial charge on any atom is 0.417 e. The van der Waals surface area contributed by atoms with Gasteiger partial charge in [-0.2, -0.15) is 13.2 Å². The summed E-state index contributed by atoms with van der Waals surface area (Å²) in [7, 11) is -4.42. The fraction of sp³-hybridized carbons (Fsp3) is 0.278. The Kier molecular flexibility index (Phi) is 5.69. The molecule has 1 amide bonds. The first-order valence-electron chi connectivity index (χ1n) is 8.32. The van der Waals surface area contributed by atoms with Gasteiger partial charge in [0.1, 0.15) is 0 Å². The number of benzene rings is 2. The van der Waals surface area contributed by atoms with Crippen molar-refractivity contribution in [3.8, 4) is 0 Å². The van der Waals surface area contributed by atoms with Crippen LogP contribution >= 0.6 is 11.6 Å². The zero-order valence-corrected chi connectivity index (χ0v) is 16.0. The van der Waals surface area contributed by atoms with Crippen molar-refractivity contribution in [2.75, 3.05) is 5.32 Å². The third kappa shape index (κ3) is 5.03. The fourth-order valence-corrected chi connectivity index (χ4v) is 3.91. The average molecular weight is 433 g/mol. The van der Waals surface area contributed by atoms with Gasteiger partial charge in [-0.25, -0.2) is 13.1 Å². The molecule has 0 saturated heterocycles. The smallest absolute Gasteiger partial charge is 0.326 e. The van der Waals surface area contributed by atoms with E-state index in [4.69, 9.17) is 11.6 Å². The van der Waals surface area contributed by atoms with E-state index in [-0.39, 0.29) is 23.4 Å². The molecule has 0 unspecified atom stereocenters. The molecule has 0 aromatic heterocycles. The van der Waals surface area contributed by atoms with Crippen molar-refractivity contribution < 1.29 is 26.4 Å². The third-order valence-electron chi connectivity index (χ3n) is 4.17. The molecule has 0 atom stereocenters. The zero-order chi connectivity index (χ0) is 20.5. The average Bonchev–Trinajstić information content (AvgIpc) is 3.45. The minimum Gasteiger partial charge on any atom is -0.326 e. The van der Waals surface area contributed by atoms with E-state index in [1.54, 1.807) is 24.3 Å². The second kappa shape index (κ2) is 7.73. The third-order valence-corrected chi connectivity index (χ3v) is 5.87. The lowest BCUT2D eigenvalue weighted by Gasteiger charge is -2.14. The van der Waals surface area contributed by atoms with E-state index in [9.17, 15) is 26.4 Å². The van der Waals surface area contributed by atoms with Crippen LogP contribution in [-0.2, 0) is 27.5 Å². The molecule has 2 N–H and O–H groups in total. The molecule has 28 heavy (non-hydrogen) atoms. The molecule has 1 fully saturated rings. The maximum absolute atomic E-state index is 13.1. The Morgan fingerprint density at radius 2 is 1.75 bits per heavy atom. The highest BCUT2D eigenvalue weighted by Gasteiger charge is 2.37. The molecular formula is C18H16ClF3N2O3S. The van der Waals surface area contributed by atoms with Crippen LogP contribution in [0.1, 0.15) is 24.0 Å². The van der Waals surface area contributed by atoms with Crippen LogP contribution in [0.5, 0.6) is 0 Å². The molecule has 0 radical (unpaired) electrons. The van der Waals surface area contributed by atoms with E-state index in [1.807, 2.05) is 0 Å². The van der Waals surface area contributed by atoms with Gasteiger partial charge in [-0.3, -0.25) is 4.79 Å². The van der Waals surface area contributed by atoms with Crippen molar-refractivity contribution in [2.24, 2.45) is 5.92 Å². The second-order valence-corrected chi connectivity index (χ2v) is 8.60. The number of nitrogens with one attached hydrogen (secondary N) is 2. The minimum absolute atomic E-state index is 0.0497. The molecular weight excluding hydrogens is 417 g/mol. The Morgan fingerprint density at radius 3 is 2.32 bits per heavy atom. The molecule has 0 heterocycles. The van der Waals surface area contributed by atoms with Gasteiger partial charge in [0.2, 0.25) is 15.9 Å². The van der Waals surface area contributed by atoms with Crippen LogP contribution in [0.15, 0.2) is 47.4 Å². The fourth-order valence-electron chi connectivity index (χ4n) is 2.51. The molecule has 1 aliphatic rings. The van der Waals surface area contributed by atoms with Crippen LogP contribution in [0.3, 0.4) is 0 Å². The van der Waals surface area contributed by atoms with Gasteiger partial charge >= 0.3 is 6.18 Å². The summed E-state index contributed by atoms with van der Waals surface area (Å²) in [5.74, 6) is -0.00967. The molecule has 150 valence electrons. The first kappa shape index (κ1) is 20.6. The van der Waals surface area contributed by atoms with Gasteiger partial charge in [0.05, 0.1) is 10.5 Å². The van der Waals surface area contributed by atoms with Crippen LogP contribution in [0, 0.1) is 5.92 Å². The zero-order valence-electron chi connectivity index (χ0n) is 14.4. The van der Waals surface area contributed by atoms with Crippen LogP contribution in [0.25, 0.3) is 0 Å². The number of hydrogen-bond donors (Lipinski definition) is 2. The molecule has 0 spiro atoms. The first-order valence-corrected chi connectivity index (χ1v) is 10.2. The Morgan fingerprint density at radius 1 is 1.11 bits per heavy atom. The van der Waals surface area contributed by atoms with Crippen molar-refractivity contribution in [1.29, 1.82) is 0 Å². The molecule has 0 aliphatic heterocycles. The standard InChI is InChI=1S/C18H16ClF3N2O3S/c19-13-5-8-16(15(9-13)18(20,21)22)28(26,27)23-10-11-1-6-14(7-2-11)24-17(25)12-3-4-12/h1-2,5-9,12,23H,3-4,10H2,(H,24,25). The number of sulfonamides is 1. The minimum atomic E-state index is -4.86. The number of hydrogen-bond acceptors (Lipinski definition) is 3. The van der Waals surface area contributed by atoms with Crippen molar-refractivity contribution in [2.45, 2.75) is 30.5 Å². The lowest BCUT2D eigenvalue weighted by molar-refractivity contribution is -0.139. The molecule has 1 aliphatic carbocycles. The summed E-state index contributed by atoms with van der Waals surface area (Å²) >= 11 is 5.57. The van der Waals surface area contributed by atoms with Gasteiger partial charge in [0, 0.05) is 23.2 Å². The summed E-state index contributed by atoms with van der Waals surface area (Å²) < 4.78 is 66.3. The van der Waals surface area contributed by atoms with E-state index >= 15 is 0 Å². The quantitative estimate of drug-likeness (QED) is 0.718. The van der Waals surface area contributed by atoms with E-state index in [0.717, 1.165) is 25.0 Å². The highest BCUT2D eigenvalue weighted by atomic mass is 35.5. The number of amides is 1. The number of halogens is 4. The number of rotatable bonds is 6. The number of carbonyl (C=O) groups is 1. The molecule has 2 aromatic carbocycles. The number of alkyl halides is 3. The summed E-state index contributed by atoms with van der Waals surface area (Å²) in [4.78, 5) is 10.8. The number of anilines is 1. The van der Waals surface area contributed by atoms with Crippen LogP contribution in [-0.4, -0.2) is 14.3 Å². The van der Waals surface area contributed by atoms with E-state index in [1.165, 1.54) is 0 Å². The van der Waals surface area contributed by atoms with E-state index < -0.39 is 26.7 Å². The SMILES string of the molecule is O=C(Nc1ccc(CNS(=O)(=O)c2ccc(Cl)cc2C(F)(F)F)cc1)C1CC1. The van der Waals surface area contributed by atoms with E-state index in [2.05, 4.69) is 10.0 Å². The Labute approximate surface area is 164 Å². The summed E-state index contributed by atoms with van der Waals surface area (Å²) in [6, 6.07) is 8.86. The molecule has 2 aromatic rings. The molecule has 0 bridgehead atoms. The van der Waals surface area contributed by atoms with Crippen molar-refractivity contribution >= 4 is 33.2 Å². The Hall–Kier alpha value is -2.10. The summed E-state index contributed by atoms with van der Waals surface area (Å²) in [5.41, 5.74) is -0.235. The Bertz CT molecular complexity index is 988. The largest absolute Gasteiger partial charge is 0.417 e. The summed E-state index contributed by atoms with van der Waals surface area (Å²) in [5, 5.41) is 2.53. The van der Waals surface area contributed by atoms with Gasteiger partial charge in [0.25, 0.3) is 0 Å². The molecule has 5 nitrogen and oxygen atoms in total. The van der Waals surface area contributed by atoms with Gasteiger partial charge < -0.3 is 5.32 Å². The first-order chi connectivity index (χ1) is 13.1. The second-order valence-electron chi connectivity index (χ2n) is 6.42. The van der Waals surface area contributed by atoms with Gasteiger partial charge in [0.15, 0.2) is 0 Å². The van der Waals surface area contributed by atoms with Crippen molar-refractivity contribution in [3.63, 3.8) is 0 Å². The maximum atomic E-state index is 13.1. The predicted octanol–water partition coefficient (Wildman–Crippen LogP) is 4.19. The molecule has 10 heteroatoms. The van der Waals surface area contributed by atoms with Crippen molar-refractivity contribution in [1.82, 2.24) is 4.72 Å². The lowest BCUT2D eigenvalue weighted by atomic mass is 10.2. The van der Waals surface area contributed by atoms with Gasteiger partial charge in [-0.15, -0.1) is 0 Å². The normalized spacial score (nSPS) is 14.7. The predicted molar refractivity (Wildman–Crippen MR) is 98.3 cm³/mol. The van der Waals surface area contributed by atoms with Crippen LogP contribution in [0.4, 0.5) is 18.9 Å². The molecule has 3 rings (SSSR count). The van der Waals surface area contributed by atoms with Crippen molar-refractivity contribution in [3.05, 3.63) is 58.6 Å². The van der Waals surface area contributed by atoms with Crippen LogP contribution in [0.2, 0.25) is 5.02 Å². The monoisotopic (exact) mass is 432 g/mol. The molecule has 1 saturated carbocycles. The highest BCUT2D eigenvalue weighted by Crippen LogP contribution is 2.36. The summed E-state index contributed by atoms with van der Waals surface area (Å²) in [6.07, 6.45) is -3.12. The highest BCUT2D eigenvalue weighted by molar-refractivity contribution is 7.89. The number of carbonyl (C=O) groups excluding carboxylic acids is 1. The van der Waals surface area contributed by atoms with E-state index in [0.29, 0.717) is 17.3 Å². The van der Waals surface area contributed by atoms with Gasteiger partial charge in [-0.1, -0.05) is 23.7 Å².